The largest absolute Gasteiger partial charge is 0.441 e. The van der Waals surface area contributed by atoms with E-state index >= 15 is 0 Å². The molecule has 0 radical (unpaired) electrons. The summed E-state index contributed by atoms with van der Waals surface area (Å²) in [6.45, 7) is 10.2. The maximum Gasteiger partial charge on any atom is 0.195 e. The molecule has 0 saturated carbocycles. The van der Waals surface area contributed by atoms with Gasteiger partial charge >= 0.3 is 0 Å². The highest BCUT2D eigenvalue weighted by Crippen LogP contribution is 2.19. The number of benzene rings is 1. The fraction of sp³-hybridized carbons (Fsp3) is 0.375. The summed E-state index contributed by atoms with van der Waals surface area (Å²) < 4.78 is 5.95. The lowest BCUT2D eigenvalue weighted by Gasteiger charge is -2.24. The molecule has 0 atom stereocenters. The quantitative estimate of drug-likeness (QED) is 0.544. The first-order valence-corrected chi connectivity index (χ1v) is 6.98. The van der Waals surface area contributed by atoms with Crippen LogP contribution in [0.2, 0.25) is 5.02 Å². The summed E-state index contributed by atoms with van der Waals surface area (Å²) in [4.78, 5) is 2.17. The van der Waals surface area contributed by atoms with Crippen molar-refractivity contribution in [3.8, 4) is 5.75 Å². The molecule has 1 rings (SSSR count). The van der Waals surface area contributed by atoms with Gasteiger partial charge in [-0.1, -0.05) is 23.3 Å². The molecule has 0 bridgehead atoms. The van der Waals surface area contributed by atoms with E-state index in [4.69, 9.17) is 16.3 Å². The first-order valence-electron chi connectivity index (χ1n) is 6.60. The number of ether oxygens (including phenoxy) is 1. The SMILES string of the molecule is CCN(CC)/C(=C/C=C(C)C)Oc1ccc(Cl)cc1. The van der Waals surface area contributed by atoms with Crippen molar-refractivity contribution >= 4 is 11.6 Å². The van der Waals surface area contributed by atoms with Gasteiger partial charge in [-0.25, -0.2) is 0 Å². The van der Waals surface area contributed by atoms with Gasteiger partial charge in [-0.15, -0.1) is 0 Å². The molecule has 3 heteroatoms. The van der Waals surface area contributed by atoms with Crippen molar-refractivity contribution in [3.05, 3.63) is 52.9 Å². The summed E-state index contributed by atoms with van der Waals surface area (Å²) in [5.74, 6) is 1.65. The maximum atomic E-state index is 5.95. The van der Waals surface area contributed by atoms with Crippen molar-refractivity contribution in [2.45, 2.75) is 27.7 Å². The fourth-order valence-corrected chi connectivity index (χ4v) is 1.73. The van der Waals surface area contributed by atoms with E-state index < -0.39 is 0 Å². The second-order valence-corrected chi connectivity index (χ2v) is 4.91. The van der Waals surface area contributed by atoms with Gasteiger partial charge < -0.3 is 9.64 Å². The fourth-order valence-electron chi connectivity index (χ4n) is 1.60. The second-order valence-electron chi connectivity index (χ2n) is 4.48. The lowest BCUT2D eigenvalue weighted by atomic mass is 10.3. The Labute approximate surface area is 121 Å². The van der Waals surface area contributed by atoms with Crippen LogP contribution < -0.4 is 4.74 Å². The van der Waals surface area contributed by atoms with Gasteiger partial charge in [-0.3, -0.25) is 0 Å². The maximum absolute atomic E-state index is 5.95. The number of halogens is 1. The van der Waals surface area contributed by atoms with Gasteiger partial charge in [0, 0.05) is 18.1 Å². The zero-order chi connectivity index (χ0) is 14.3. The van der Waals surface area contributed by atoms with E-state index in [1.165, 1.54) is 5.57 Å². The molecular weight excluding hydrogens is 258 g/mol. The lowest BCUT2D eigenvalue weighted by molar-refractivity contribution is 0.231. The van der Waals surface area contributed by atoms with Crippen LogP contribution >= 0.6 is 11.6 Å². The molecule has 19 heavy (non-hydrogen) atoms. The predicted octanol–water partition coefficient (Wildman–Crippen LogP) is 4.87. The van der Waals surface area contributed by atoms with Gasteiger partial charge in [0.05, 0.1) is 0 Å². The minimum absolute atomic E-state index is 0.713. The molecule has 0 unspecified atom stereocenters. The van der Waals surface area contributed by atoms with Crippen LogP contribution in [0.4, 0.5) is 0 Å². The third-order valence-corrected chi connectivity index (χ3v) is 2.92. The smallest absolute Gasteiger partial charge is 0.195 e. The zero-order valence-corrected chi connectivity index (χ0v) is 12.9. The highest BCUT2D eigenvalue weighted by molar-refractivity contribution is 6.30. The number of allylic oxidation sites excluding steroid dienone is 3. The van der Waals surface area contributed by atoms with Crippen LogP contribution in [0, 0.1) is 0 Å². The third kappa shape index (κ3) is 5.39. The van der Waals surface area contributed by atoms with Gasteiger partial charge in [0.2, 0.25) is 0 Å². The van der Waals surface area contributed by atoms with Crippen molar-refractivity contribution in [3.63, 3.8) is 0 Å². The topological polar surface area (TPSA) is 12.5 Å². The Kier molecular flexibility index (Phi) is 6.51. The number of hydrogen-bond donors (Lipinski definition) is 0. The van der Waals surface area contributed by atoms with E-state index in [1.807, 2.05) is 30.3 Å². The Morgan fingerprint density at radius 1 is 1.11 bits per heavy atom. The van der Waals surface area contributed by atoms with Crippen LogP contribution in [0.5, 0.6) is 5.75 Å². The number of nitrogens with zero attached hydrogens (tertiary/aromatic N) is 1. The predicted molar refractivity (Wildman–Crippen MR) is 82.5 cm³/mol. The molecule has 1 aromatic rings. The van der Waals surface area contributed by atoms with Crippen LogP contribution in [0.1, 0.15) is 27.7 Å². The van der Waals surface area contributed by atoms with E-state index in [0.29, 0.717) is 5.02 Å². The van der Waals surface area contributed by atoms with Crippen molar-refractivity contribution in [2.75, 3.05) is 13.1 Å². The highest BCUT2D eigenvalue weighted by Gasteiger charge is 2.07. The van der Waals surface area contributed by atoms with Crippen LogP contribution in [0.25, 0.3) is 0 Å². The van der Waals surface area contributed by atoms with E-state index in [-0.39, 0.29) is 0 Å². The normalized spacial score (nSPS) is 11.1. The molecule has 0 spiro atoms. The van der Waals surface area contributed by atoms with Crippen molar-refractivity contribution < 1.29 is 4.74 Å². The summed E-state index contributed by atoms with van der Waals surface area (Å²) in [7, 11) is 0. The van der Waals surface area contributed by atoms with Crippen LogP contribution in [-0.4, -0.2) is 18.0 Å². The van der Waals surface area contributed by atoms with Crippen molar-refractivity contribution in [1.29, 1.82) is 0 Å². The minimum atomic E-state index is 0.713. The summed E-state index contributed by atoms with van der Waals surface area (Å²) in [6.07, 6.45) is 4.07. The molecule has 0 aliphatic heterocycles. The molecule has 0 N–H and O–H groups in total. The second kappa shape index (κ2) is 7.90. The van der Waals surface area contributed by atoms with E-state index in [9.17, 15) is 0 Å². The number of hydrogen-bond acceptors (Lipinski definition) is 2. The molecule has 2 nitrogen and oxygen atoms in total. The van der Waals surface area contributed by atoms with Gasteiger partial charge in [0.15, 0.2) is 5.88 Å². The van der Waals surface area contributed by atoms with E-state index in [1.54, 1.807) is 0 Å². The van der Waals surface area contributed by atoms with Crippen LogP contribution in [0.15, 0.2) is 47.9 Å². The van der Waals surface area contributed by atoms with Crippen molar-refractivity contribution in [1.82, 2.24) is 4.90 Å². The van der Waals surface area contributed by atoms with Crippen molar-refractivity contribution in [2.24, 2.45) is 0 Å². The molecular formula is C16H22ClNO. The molecule has 104 valence electrons. The molecule has 0 heterocycles. The summed E-state index contributed by atoms with van der Waals surface area (Å²) in [6, 6.07) is 7.42. The highest BCUT2D eigenvalue weighted by atomic mass is 35.5. The molecule has 0 amide bonds. The third-order valence-electron chi connectivity index (χ3n) is 2.67. The van der Waals surface area contributed by atoms with Gasteiger partial charge in [-0.05, 0) is 58.0 Å². The summed E-state index contributed by atoms with van der Waals surface area (Å²) in [5, 5.41) is 0.713. The average Bonchev–Trinajstić information content (AvgIpc) is 2.39. The Balaban J connectivity index is 2.94. The minimum Gasteiger partial charge on any atom is -0.441 e. The molecule has 1 aromatic carbocycles. The molecule has 0 saturated heterocycles. The standard InChI is InChI=1S/C16H22ClNO/c1-5-18(6-2)16(12-7-13(3)4)19-15-10-8-14(17)9-11-15/h7-12H,5-6H2,1-4H3/b16-12-. The van der Waals surface area contributed by atoms with E-state index in [0.717, 1.165) is 24.7 Å². The average molecular weight is 280 g/mol. The molecule has 0 aliphatic carbocycles. The van der Waals surface area contributed by atoms with Gasteiger partial charge in [0.1, 0.15) is 5.75 Å². The monoisotopic (exact) mass is 279 g/mol. The Bertz CT molecular complexity index is 440. The lowest BCUT2D eigenvalue weighted by Crippen LogP contribution is -2.25. The Hall–Kier alpha value is -1.41. The first kappa shape index (κ1) is 15.6. The first-order chi connectivity index (χ1) is 9.06. The number of rotatable bonds is 6. The summed E-state index contributed by atoms with van der Waals surface area (Å²) >= 11 is 5.88. The van der Waals surface area contributed by atoms with Crippen LogP contribution in [-0.2, 0) is 0 Å². The Morgan fingerprint density at radius 2 is 1.68 bits per heavy atom. The Morgan fingerprint density at radius 3 is 2.16 bits per heavy atom. The molecule has 0 aromatic heterocycles. The molecule has 0 fully saturated rings. The van der Waals surface area contributed by atoms with Gasteiger partial charge in [-0.2, -0.15) is 0 Å². The van der Waals surface area contributed by atoms with Gasteiger partial charge in [0.25, 0.3) is 0 Å². The summed E-state index contributed by atoms with van der Waals surface area (Å²) in [5.41, 5.74) is 1.24. The van der Waals surface area contributed by atoms with Crippen LogP contribution in [0.3, 0.4) is 0 Å². The zero-order valence-electron chi connectivity index (χ0n) is 12.1. The molecule has 0 aliphatic rings. The van der Waals surface area contributed by atoms with E-state index in [2.05, 4.69) is 38.7 Å².